The van der Waals surface area contributed by atoms with Gasteiger partial charge < -0.3 is 5.32 Å². The Morgan fingerprint density at radius 2 is 1.02 bits per heavy atom. The Bertz CT molecular complexity index is 1650. The summed E-state index contributed by atoms with van der Waals surface area (Å²) in [4.78, 5) is 57.7. The van der Waals surface area contributed by atoms with Crippen molar-refractivity contribution in [3.8, 4) is 0 Å². The van der Waals surface area contributed by atoms with Gasteiger partial charge in [0.2, 0.25) is 0 Å². The molecule has 2 aliphatic rings. The molecule has 4 aromatic carbocycles. The van der Waals surface area contributed by atoms with Crippen LogP contribution in [0, 0.1) is 0 Å². The molecular weight excluding hydrogens is 540 g/mol. The third-order valence-electron chi connectivity index (χ3n) is 8.61. The van der Waals surface area contributed by atoms with Crippen molar-refractivity contribution in [3.05, 3.63) is 95.1 Å². The number of rotatable bonds is 12. The quantitative estimate of drug-likeness (QED) is 0.189. The maximum absolute atomic E-state index is 13.3. The van der Waals surface area contributed by atoms with Crippen molar-refractivity contribution in [2.24, 2.45) is 0 Å². The van der Waals surface area contributed by atoms with Crippen LogP contribution in [0.2, 0.25) is 0 Å². The second-order valence-electron chi connectivity index (χ2n) is 11.5. The summed E-state index contributed by atoms with van der Waals surface area (Å²) in [6.07, 6.45) is 1.86. The fourth-order valence-corrected chi connectivity index (χ4v) is 6.30. The lowest BCUT2D eigenvalue weighted by Crippen LogP contribution is -2.46. The molecule has 0 fully saturated rings. The largest absolute Gasteiger partial charge is 0.315 e. The first-order chi connectivity index (χ1) is 20.9. The minimum Gasteiger partial charge on any atom is -0.315 e. The van der Waals surface area contributed by atoms with Gasteiger partial charge in [-0.1, -0.05) is 48.5 Å². The van der Waals surface area contributed by atoms with Crippen LogP contribution >= 0.6 is 0 Å². The predicted molar refractivity (Wildman–Crippen MR) is 167 cm³/mol. The summed E-state index contributed by atoms with van der Waals surface area (Å²) in [5.41, 5.74) is 2.33. The Morgan fingerprint density at radius 1 is 0.581 bits per heavy atom. The highest BCUT2D eigenvalue weighted by atomic mass is 16.2. The van der Waals surface area contributed by atoms with Crippen LogP contribution in [-0.2, 0) is 0 Å². The van der Waals surface area contributed by atoms with Gasteiger partial charge in [0.25, 0.3) is 23.6 Å². The Balaban J connectivity index is 0.965. The third-order valence-corrected chi connectivity index (χ3v) is 8.61. The molecule has 43 heavy (non-hydrogen) atoms. The van der Waals surface area contributed by atoms with Gasteiger partial charge in [-0.25, -0.2) is 0 Å². The average Bonchev–Trinajstić information content (AvgIpc) is 3.01. The first-order valence-electron chi connectivity index (χ1n) is 15.1. The zero-order valence-corrected chi connectivity index (χ0v) is 24.6. The summed E-state index contributed by atoms with van der Waals surface area (Å²) in [5.74, 6) is -0.940. The minimum absolute atomic E-state index is 0.229. The number of nitrogens with one attached hydrogen (secondary N) is 1. The lowest BCUT2D eigenvalue weighted by Gasteiger charge is -2.31. The fourth-order valence-electron chi connectivity index (χ4n) is 6.30. The Kier molecular flexibility index (Phi) is 8.06. The lowest BCUT2D eigenvalue weighted by molar-refractivity contribution is 0.0576. The van der Waals surface area contributed by atoms with E-state index in [0.29, 0.717) is 48.4 Å². The van der Waals surface area contributed by atoms with Gasteiger partial charge in [-0.15, -0.1) is 0 Å². The first-order valence-corrected chi connectivity index (χ1v) is 15.1. The summed E-state index contributed by atoms with van der Waals surface area (Å²) in [6.45, 7) is 7.64. The number of unbranched alkanes of at least 4 members (excludes halogenated alkanes) is 1. The topological polar surface area (TPSA) is 90.0 Å². The number of benzene rings is 4. The van der Waals surface area contributed by atoms with Gasteiger partial charge >= 0.3 is 0 Å². The third kappa shape index (κ3) is 5.32. The predicted octanol–water partition coefficient (Wildman–Crippen LogP) is 4.97. The molecule has 220 valence electrons. The maximum atomic E-state index is 13.3. The standard InChI is InChI=1S/C35H36N4O4/c1-23(2)37(21-22-39-34(42)28-15-7-11-25-12-8-16-29(31(25)28)35(39)43)19-4-3-17-36-18-20-38-32(40)26-13-5-9-24-10-6-14-27(30(24)26)33(38)41/h5-16,23,36H,3-4,17-22H2,1-2H3. The molecule has 1 N–H and O–H groups in total. The summed E-state index contributed by atoms with van der Waals surface area (Å²) < 4.78 is 0. The van der Waals surface area contributed by atoms with Crippen LogP contribution in [0.1, 0.15) is 68.1 Å². The van der Waals surface area contributed by atoms with Crippen LogP contribution in [0.5, 0.6) is 0 Å². The van der Waals surface area contributed by atoms with Crippen LogP contribution in [0.4, 0.5) is 0 Å². The molecule has 0 bridgehead atoms. The van der Waals surface area contributed by atoms with Crippen molar-refractivity contribution in [3.63, 3.8) is 0 Å². The maximum Gasteiger partial charge on any atom is 0.261 e. The highest BCUT2D eigenvalue weighted by molar-refractivity contribution is 6.26. The van der Waals surface area contributed by atoms with Crippen molar-refractivity contribution >= 4 is 45.2 Å². The van der Waals surface area contributed by atoms with E-state index in [1.165, 1.54) is 9.80 Å². The molecule has 0 radical (unpaired) electrons. The van der Waals surface area contributed by atoms with Gasteiger partial charge in [0, 0.05) is 65.2 Å². The molecule has 0 atom stereocenters. The summed E-state index contributed by atoms with van der Waals surface area (Å²) in [7, 11) is 0. The molecule has 0 saturated carbocycles. The first kappa shape index (κ1) is 28.7. The van der Waals surface area contributed by atoms with Crippen molar-refractivity contribution in [1.82, 2.24) is 20.0 Å². The van der Waals surface area contributed by atoms with Crippen molar-refractivity contribution in [1.29, 1.82) is 0 Å². The van der Waals surface area contributed by atoms with E-state index in [-0.39, 0.29) is 29.7 Å². The molecular formula is C35H36N4O4. The summed E-state index contributed by atoms with van der Waals surface area (Å²) >= 11 is 0. The molecule has 4 amide bonds. The van der Waals surface area contributed by atoms with Gasteiger partial charge in [0.15, 0.2) is 0 Å². The monoisotopic (exact) mass is 576 g/mol. The van der Waals surface area contributed by atoms with Crippen LogP contribution in [0.3, 0.4) is 0 Å². The number of carbonyl (C=O) groups is 4. The number of carbonyl (C=O) groups excluding carboxylic acids is 4. The van der Waals surface area contributed by atoms with Gasteiger partial charge in [0.1, 0.15) is 0 Å². The van der Waals surface area contributed by atoms with Crippen molar-refractivity contribution < 1.29 is 19.2 Å². The smallest absolute Gasteiger partial charge is 0.261 e. The van der Waals surface area contributed by atoms with E-state index in [0.717, 1.165) is 47.5 Å². The molecule has 8 heteroatoms. The van der Waals surface area contributed by atoms with Gasteiger partial charge in [-0.2, -0.15) is 0 Å². The lowest BCUT2D eigenvalue weighted by atomic mass is 9.94. The molecule has 0 spiro atoms. The number of hydrogen-bond acceptors (Lipinski definition) is 6. The minimum atomic E-state index is -0.241. The van der Waals surface area contributed by atoms with E-state index >= 15 is 0 Å². The Labute approximate surface area is 251 Å². The molecule has 6 rings (SSSR count). The number of nitrogens with zero attached hydrogens (tertiary/aromatic N) is 3. The summed E-state index contributed by atoms with van der Waals surface area (Å²) in [5, 5.41) is 6.69. The molecule has 0 aromatic heterocycles. The van der Waals surface area contributed by atoms with Crippen LogP contribution < -0.4 is 5.32 Å². The van der Waals surface area contributed by atoms with Gasteiger partial charge in [0.05, 0.1) is 0 Å². The van der Waals surface area contributed by atoms with E-state index in [4.69, 9.17) is 0 Å². The van der Waals surface area contributed by atoms with Gasteiger partial charge in [-0.05, 0) is 74.8 Å². The highest BCUT2D eigenvalue weighted by Gasteiger charge is 2.33. The molecule has 0 saturated heterocycles. The zero-order chi connectivity index (χ0) is 30.1. The van der Waals surface area contributed by atoms with Crippen LogP contribution in [0.25, 0.3) is 21.5 Å². The number of hydrogen-bond donors (Lipinski definition) is 1. The molecule has 8 nitrogen and oxygen atoms in total. The molecule has 0 aliphatic carbocycles. The van der Waals surface area contributed by atoms with E-state index in [1.807, 2.05) is 48.5 Å². The summed E-state index contributed by atoms with van der Waals surface area (Å²) in [6, 6.07) is 22.6. The molecule has 4 aromatic rings. The van der Waals surface area contributed by atoms with E-state index in [1.54, 1.807) is 24.3 Å². The Hall–Kier alpha value is -4.40. The van der Waals surface area contributed by atoms with Crippen LogP contribution in [0.15, 0.2) is 72.8 Å². The van der Waals surface area contributed by atoms with E-state index in [2.05, 4.69) is 24.1 Å². The molecule has 2 aliphatic heterocycles. The number of imide groups is 2. The zero-order valence-electron chi connectivity index (χ0n) is 24.6. The normalized spacial score (nSPS) is 14.7. The molecule has 2 heterocycles. The van der Waals surface area contributed by atoms with E-state index < -0.39 is 0 Å². The van der Waals surface area contributed by atoms with Crippen LogP contribution in [-0.4, -0.2) is 83.6 Å². The van der Waals surface area contributed by atoms with Gasteiger partial charge in [-0.3, -0.25) is 33.9 Å². The fraction of sp³-hybridized carbons (Fsp3) is 0.314. The van der Waals surface area contributed by atoms with Crippen molar-refractivity contribution in [2.75, 3.05) is 39.3 Å². The highest BCUT2D eigenvalue weighted by Crippen LogP contribution is 2.31. The van der Waals surface area contributed by atoms with E-state index in [9.17, 15) is 19.2 Å². The second-order valence-corrected chi connectivity index (χ2v) is 11.5. The molecule has 0 unspecified atom stereocenters. The van der Waals surface area contributed by atoms with Crippen molar-refractivity contribution in [2.45, 2.75) is 32.7 Å². The SMILES string of the molecule is CC(C)N(CCCCNCCN1C(=O)c2cccc3cccc(c23)C1=O)CCN1C(=O)c2cccc3cccc(c23)C1=O. The second kappa shape index (κ2) is 12.1. The number of amides is 4. The Morgan fingerprint density at radius 3 is 1.47 bits per heavy atom. The average molecular weight is 577 g/mol.